The molecule has 3 aromatic rings. The van der Waals surface area contributed by atoms with Crippen molar-refractivity contribution in [3.63, 3.8) is 0 Å². The molecule has 0 unspecified atom stereocenters. The predicted molar refractivity (Wildman–Crippen MR) is 108 cm³/mol. The van der Waals surface area contributed by atoms with Gasteiger partial charge in [0.15, 0.2) is 5.82 Å². The van der Waals surface area contributed by atoms with E-state index in [-0.39, 0.29) is 11.8 Å². The van der Waals surface area contributed by atoms with Crippen LogP contribution in [0.25, 0.3) is 5.69 Å². The molecule has 0 bridgehead atoms. The molecule has 0 aliphatic carbocycles. The van der Waals surface area contributed by atoms with Crippen molar-refractivity contribution in [3.05, 3.63) is 66.0 Å². The molecule has 1 aliphatic rings. The first kappa shape index (κ1) is 19.0. The molecule has 4 rings (SSSR count). The fourth-order valence-electron chi connectivity index (χ4n) is 3.68. The third kappa shape index (κ3) is 4.11. The fourth-order valence-corrected chi connectivity index (χ4v) is 3.68. The summed E-state index contributed by atoms with van der Waals surface area (Å²) in [7, 11) is 0. The van der Waals surface area contributed by atoms with Gasteiger partial charge in [-0.15, -0.1) is 0 Å². The van der Waals surface area contributed by atoms with E-state index in [4.69, 9.17) is 5.10 Å². The summed E-state index contributed by atoms with van der Waals surface area (Å²) in [5.74, 6) is -0.0274. The van der Waals surface area contributed by atoms with Gasteiger partial charge in [0, 0.05) is 31.7 Å². The van der Waals surface area contributed by atoms with Crippen molar-refractivity contribution in [2.24, 2.45) is 0 Å². The highest BCUT2D eigenvalue weighted by molar-refractivity contribution is 5.95. The number of rotatable bonds is 5. The maximum absolute atomic E-state index is 13.2. The SMILES string of the molecule is CCNC(=O)c1cn(-c2ccccc2)nc1[C@@H]1CCCN(c2ncc(F)cn2)C1. The lowest BCUT2D eigenvalue weighted by molar-refractivity contribution is 0.0954. The first-order valence-corrected chi connectivity index (χ1v) is 9.81. The number of nitrogens with zero attached hydrogens (tertiary/aromatic N) is 5. The van der Waals surface area contributed by atoms with Crippen LogP contribution in [0.3, 0.4) is 0 Å². The Bertz CT molecular complexity index is 973. The molecular formula is C21H23FN6O. The van der Waals surface area contributed by atoms with Crippen molar-refractivity contribution in [3.8, 4) is 5.69 Å². The largest absolute Gasteiger partial charge is 0.352 e. The third-order valence-electron chi connectivity index (χ3n) is 5.04. The van der Waals surface area contributed by atoms with E-state index in [1.807, 2.05) is 42.2 Å². The Morgan fingerprint density at radius 3 is 2.72 bits per heavy atom. The smallest absolute Gasteiger partial charge is 0.254 e. The summed E-state index contributed by atoms with van der Waals surface area (Å²) in [6.07, 6.45) is 5.98. The molecular weight excluding hydrogens is 371 g/mol. The van der Waals surface area contributed by atoms with Gasteiger partial charge in [-0.05, 0) is 31.9 Å². The molecule has 1 fully saturated rings. The molecule has 0 radical (unpaired) electrons. The first-order valence-electron chi connectivity index (χ1n) is 9.81. The highest BCUT2D eigenvalue weighted by atomic mass is 19.1. The molecule has 1 amide bonds. The van der Waals surface area contributed by atoms with E-state index in [9.17, 15) is 9.18 Å². The minimum Gasteiger partial charge on any atom is -0.352 e. The summed E-state index contributed by atoms with van der Waals surface area (Å²) in [4.78, 5) is 22.9. The number of piperidine rings is 1. The molecule has 1 aliphatic heterocycles. The highest BCUT2D eigenvalue weighted by Crippen LogP contribution is 2.30. The summed E-state index contributed by atoms with van der Waals surface area (Å²) < 4.78 is 14.9. The lowest BCUT2D eigenvalue weighted by atomic mass is 9.92. The van der Waals surface area contributed by atoms with E-state index in [0.29, 0.717) is 24.6 Å². The Hall–Kier alpha value is -3.29. The van der Waals surface area contributed by atoms with Gasteiger partial charge in [0.1, 0.15) is 0 Å². The summed E-state index contributed by atoms with van der Waals surface area (Å²) >= 11 is 0. The number of para-hydroxylation sites is 1. The van der Waals surface area contributed by atoms with Gasteiger partial charge in [0.2, 0.25) is 5.95 Å². The molecule has 8 heteroatoms. The van der Waals surface area contributed by atoms with Crippen molar-refractivity contribution in [2.45, 2.75) is 25.7 Å². The number of carbonyl (C=O) groups is 1. The van der Waals surface area contributed by atoms with Crippen LogP contribution in [-0.4, -0.2) is 45.3 Å². The van der Waals surface area contributed by atoms with Crippen LogP contribution in [0.2, 0.25) is 0 Å². The van der Waals surface area contributed by atoms with E-state index in [2.05, 4.69) is 15.3 Å². The monoisotopic (exact) mass is 394 g/mol. The van der Waals surface area contributed by atoms with Crippen molar-refractivity contribution in [2.75, 3.05) is 24.5 Å². The number of aromatic nitrogens is 4. The molecule has 3 heterocycles. The lowest BCUT2D eigenvalue weighted by Gasteiger charge is -2.32. The quantitative estimate of drug-likeness (QED) is 0.720. The van der Waals surface area contributed by atoms with Crippen LogP contribution in [0.15, 0.2) is 48.9 Å². The van der Waals surface area contributed by atoms with E-state index in [0.717, 1.165) is 30.8 Å². The van der Waals surface area contributed by atoms with Crippen LogP contribution in [0, 0.1) is 5.82 Å². The topological polar surface area (TPSA) is 75.9 Å². The average molecular weight is 394 g/mol. The minimum absolute atomic E-state index is 0.0555. The van der Waals surface area contributed by atoms with Gasteiger partial charge >= 0.3 is 0 Å². The standard InChI is InChI=1S/C21H23FN6O/c1-2-23-20(29)18-14-28(17-8-4-3-5-9-17)26-19(18)15-7-6-10-27(13-15)21-24-11-16(22)12-25-21/h3-5,8-9,11-12,14-15H,2,6-7,10,13H2,1H3,(H,23,29)/t15-/m1/s1. The Labute approximate surface area is 168 Å². The van der Waals surface area contributed by atoms with Gasteiger partial charge in [-0.1, -0.05) is 18.2 Å². The maximum atomic E-state index is 13.2. The molecule has 0 spiro atoms. The van der Waals surface area contributed by atoms with Gasteiger partial charge in [0.05, 0.1) is 29.3 Å². The fraction of sp³-hybridized carbons (Fsp3) is 0.333. The second-order valence-corrected chi connectivity index (χ2v) is 7.05. The Kier molecular flexibility index (Phi) is 5.50. The maximum Gasteiger partial charge on any atom is 0.254 e. The average Bonchev–Trinajstić information content (AvgIpc) is 3.21. The summed E-state index contributed by atoms with van der Waals surface area (Å²) in [6.45, 7) is 3.87. The zero-order valence-electron chi connectivity index (χ0n) is 16.3. The highest BCUT2D eigenvalue weighted by Gasteiger charge is 2.29. The number of anilines is 1. The molecule has 2 aromatic heterocycles. The van der Waals surface area contributed by atoms with Crippen molar-refractivity contribution >= 4 is 11.9 Å². The third-order valence-corrected chi connectivity index (χ3v) is 5.04. The van der Waals surface area contributed by atoms with E-state index in [1.54, 1.807) is 10.9 Å². The second kappa shape index (κ2) is 8.38. The number of carbonyl (C=O) groups excluding carboxylic acids is 1. The van der Waals surface area contributed by atoms with Crippen molar-refractivity contribution < 1.29 is 9.18 Å². The van der Waals surface area contributed by atoms with Crippen LogP contribution in [-0.2, 0) is 0 Å². The Morgan fingerprint density at radius 2 is 2.00 bits per heavy atom. The van der Waals surface area contributed by atoms with E-state index in [1.165, 1.54) is 12.4 Å². The van der Waals surface area contributed by atoms with Crippen LogP contribution >= 0.6 is 0 Å². The molecule has 150 valence electrons. The summed E-state index contributed by atoms with van der Waals surface area (Å²) in [5.41, 5.74) is 2.26. The van der Waals surface area contributed by atoms with E-state index < -0.39 is 5.82 Å². The number of hydrogen-bond acceptors (Lipinski definition) is 5. The zero-order valence-corrected chi connectivity index (χ0v) is 16.3. The molecule has 29 heavy (non-hydrogen) atoms. The molecule has 1 N–H and O–H groups in total. The van der Waals surface area contributed by atoms with Gasteiger partial charge in [-0.3, -0.25) is 4.79 Å². The Morgan fingerprint density at radius 1 is 1.24 bits per heavy atom. The van der Waals surface area contributed by atoms with Crippen molar-refractivity contribution in [1.82, 2.24) is 25.1 Å². The number of hydrogen-bond donors (Lipinski definition) is 1. The van der Waals surface area contributed by atoms with Gasteiger partial charge in [0.25, 0.3) is 5.91 Å². The van der Waals surface area contributed by atoms with Crippen LogP contribution in [0.1, 0.15) is 41.7 Å². The van der Waals surface area contributed by atoms with E-state index >= 15 is 0 Å². The first-order chi connectivity index (χ1) is 14.2. The molecule has 1 aromatic carbocycles. The number of halogens is 1. The van der Waals surface area contributed by atoms with Gasteiger partial charge in [-0.25, -0.2) is 19.0 Å². The van der Waals surface area contributed by atoms with Crippen LogP contribution in [0.5, 0.6) is 0 Å². The Balaban J connectivity index is 1.66. The predicted octanol–water partition coefficient (Wildman–Crippen LogP) is 2.94. The van der Waals surface area contributed by atoms with Crippen LogP contribution in [0.4, 0.5) is 10.3 Å². The summed E-state index contributed by atoms with van der Waals surface area (Å²) in [5, 5.41) is 7.66. The molecule has 0 saturated carbocycles. The number of amides is 1. The van der Waals surface area contributed by atoms with Crippen molar-refractivity contribution in [1.29, 1.82) is 0 Å². The van der Waals surface area contributed by atoms with Crippen LogP contribution < -0.4 is 10.2 Å². The van der Waals surface area contributed by atoms with Gasteiger partial charge in [-0.2, -0.15) is 5.10 Å². The van der Waals surface area contributed by atoms with Gasteiger partial charge < -0.3 is 10.2 Å². The summed E-state index contributed by atoms with van der Waals surface area (Å²) in [6, 6.07) is 9.74. The molecule has 7 nitrogen and oxygen atoms in total. The second-order valence-electron chi connectivity index (χ2n) is 7.05. The number of benzene rings is 1. The molecule has 1 saturated heterocycles. The normalized spacial score (nSPS) is 16.6. The zero-order chi connectivity index (χ0) is 20.2. The minimum atomic E-state index is -0.456. The number of nitrogens with one attached hydrogen (secondary N) is 1. The molecule has 1 atom stereocenters. The lowest BCUT2D eigenvalue weighted by Crippen LogP contribution is -2.36.